The zero-order valence-electron chi connectivity index (χ0n) is 16.1. The second-order valence-corrected chi connectivity index (χ2v) is 10.1. The first-order valence-corrected chi connectivity index (χ1v) is 12.2. The maximum Gasteiger partial charge on any atom is 0.395 e. The monoisotopic (exact) mass is 448 g/mol. The molecule has 2 N–H and O–H groups in total. The molecule has 0 amide bonds. The van der Waals surface area contributed by atoms with Crippen LogP contribution in [0.5, 0.6) is 0 Å². The SMILES string of the molecule is CC(C)C(CCCCCCCCCCBr)(C(C)C)C(F)(F)P(=O)(O)O. The number of unbranched alkanes of at least 4 members (excludes halogenated alkanes) is 7. The molecular formula is C18H36BrF2O3P. The third-order valence-corrected chi connectivity index (χ3v) is 7.17. The topological polar surface area (TPSA) is 57.5 Å². The zero-order valence-corrected chi connectivity index (χ0v) is 18.6. The third-order valence-electron chi connectivity index (χ3n) is 5.46. The second-order valence-electron chi connectivity index (χ2n) is 7.70. The van der Waals surface area contributed by atoms with Crippen LogP contribution in [-0.4, -0.2) is 20.8 Å². The van der Waals surface area contributed by atoms with Gasteiger partial charge in [0.1, 0.15) is 0 Å². The summed E-state index contributed by atoms with van der Waals surface area (Å²) in [5.74, 6) is -1.03. The summed E-state index contributed by atoms with van der Waals surface area (Å²) >= 11 is 3.41. The van der Waals surface area contributed by atoms with E-state index in [1.54, 1.807) is 27.7 Å². The van der Waals surface area contributed by atoms with Gasteiger partial charge in [-0.1, -0.05) is 88.6 Å². The van der Waals surface area contributed by atoms with Crippen molar-refractivity contribution in [3.8, 4) is 0 Å². The maximum absolute atomic E-state index is 14.7. The summed E-state index contributed by atoms with van der Waals surface area (Å²) < 4.78 is 41.0. The van der Waals surface area contributed by atoms with E-state index in [0.717, 1.165) is 31.0 Å². The van der Waals surface area contributed by atoms with Crippen LogP contribution in [0, 0.1) is 17.3 Å². The number of rotatable bonds is 14. The highest BCUT2D eigenvalue weighted by molar-refractivity contribution is 9.09. The standard InChI is InChI=1S/C18H36BrF2O3P/c1-15(2)17(16(3)4,18(20,21)25(22,23)24)13-11-9-7-5-6-8-10-12-14-19/h15-16H,5-14H2,1-4H3,(H2,22,23,24). The summed E-state index contributed by atoms with van der Waals surface area (Å²) in [6.45, 7) is 6.59. The van der Waals surface area contributed by atoms with Gasteiger partial charge in [-0.15, -0.1) is 0 Å². The zero-order chi connectivity index (χ0) is 19.7. The Kier molecular flexibility index (Phi) is 11.6. The van der Waals surface area contributed by atoms with E-state index in [1.807, 2.05) is 0 Å². The van der Waals surface area contributed by atoms with Gasteiger partial charge in [0.15, 0.2) is 0 Å². The molecule has 0 aromatic carbocycles. The van der Waals surface area contributed by atoms with Crippen LogP contribution in [0.1, 0.15) is 85.5 Å². The molecule has 0 atom stereocenters. The largest absolute Gasteiger partial charge is 0.395 e. The molecule has 0 heterocycles. The molecule has 0 radical (unpaired) electrons. The van der Waals surface area contributed by atoms with Crippen molar-refractivity contribution in [1.82, 2.24) is 0 Å². The van der Waals surface area contributed by atoms with Gasteiger partial charge in [0.25, 0.3) is 0 Å². The highest BCUT2D eigenvalue weighted by Gasteiger charge is 2.66. The van der Waals surface area contributed by atoms with Crippen LogP contribution in [-0.2, 0) is 4.57 Å². The van der Waals surface area contributed by atoms with E-state index >= 15 is 0 Å². The Morgan fingerprint density at radius 3 is 1.52 bits per heavy atom. The Morgan fingerprint density at radius 2 is 1.20 bits per heavy atom. The van der Waals surface area contributed by atoms with Crippen molar-refractivity contribution in [1.29, 1.82) is 0 Å². The predicted octanol–water partition coefficient (Wildman–Crippen LogP) is 6.96. The van der Waals surface area contributed by atoms with Crippen molar-refractivity contribution in [2.75, 3.05) is 5.33 Å². The Morgan fingerprint density at radius 1 is 0.840 bits per heavy atom. The first-order valence-electron chi connectivity index (χ1n) is 9.44. The lowest BCUT2D eigenvalue weighted by Crippen LogP contribution is -2.49. The Balaban J connectivity index is 4.72. The number of alkyl halides is 3. The lowest BCUT2D eigenvalue weighted by molar-refractivity contribution is -0.127. The molecule has 0 rings (SSSR count). The van der Waals surface area contributed by atoms with E-state index in [2.05, 4.69) is 15.9 Å². The normalized spacial score (nSPS) is 13.9. The summed E-state index contributed by atoms with van der Waals surface area (Å²) in [5, 5.41) is 1.03. The van der Waals surface area contributed by atoms with Gasteiger partial charge in [0, 0.05) is 5.33 Å². The van der Waals surface area contributed by atoms with Gasteiger partial charge in [-0.25, -0.2) is 0 Å². The molecule has 0 aromatic rings. The molecule has 0 bridgehead atoms. The molecule has 25 heavy (non-hydrogen) atoms. The molecule has 0 aliphatic heterocycles. The Labute approximate surface area is 160 Å². The van der Waals surface area contributed by atoms with E-state index in [1.165, 1.54) is 19.3 Å². The van der Waals surface area contributed by atoms with Gasteiger partial charge < -0.3 is 9.79 Å². The summed E-state index contributed by atoms with van der Waals surface area (Å²) in [6.07, 6.45) is 8.38. The van der Waals surface area contributed by atoms with Gasteiger partial charge in [-0.3, -0.25) is 4.57 Å². The van der Waals surface area contributed by atoms with Crippen LogP contribution in [0.4, 0.5) is 8.78 Å². The first-order chi connectivity index (χ1) is 11.4. The van der Waals surface area contributed by atoms with E-state index in [0.29, 0.717) is 6.42 Å². The number of hydrogen-bond donors (Lipinski definition) is 2. The van der Waals surface area contributed by atoms with Crippen molar-refractivity contribution in [2.45, 2.75) is 91.1 Å². The fourth-order valence-electron chi connectivity index (χ4n) is 3.93. The minimum Gasteiger partial charge on any atom is -0.320 e. The van der Waals surface area contributed by atoms with Gasteiger partial charge >= 0.3 is 13.3 Å². The van der Waals surface area contributed by atoms with E-state index in [4.69, 9.17) is 0 Å². The summed E-state index contributed by atoms with van der Waals surface area (Å²) in [4.78, 5) is 18.6. The minimum absolute atomic E-state index is 0.143. The molecule has 7 heteroatoms. The molecule has 0 aliphatic carbocycles. The van der Waals surface area contributed by atoms with Crippen molar-refractivity contribution >= 4 is 23.5 Å². The van der Waals surface area contributed by atoms with Crippen molar-refractivity contribution in [2.24, 2.45) is 17.3 Å². The fraction of sp³-hybridized carbons (Fsp3) is 1.00. The van der Waals surface area contributed by atoms with Crippen LogP contribution in [0.3, 0.4) is 0 Å². The van der Waals surface area contributed by atoms with Gasteiger partial charge in [-0.05, 0) is 24.7 Å². The molecule has 0 spiro atoms. The minimum atomic E-state index is -5.51. The summed E-state index contributed by atoms with van der Waals surface area (Å²) in [7, 11) is -5.51. The van der Waals surface area contributed by atoms with Crippen LogP contribution < -0.4 is 0 Å². The molecule has 0 fully saturated rings. The van der Waals surface area contributed by atoms with Gasteiger partial charge in [-0.2, -0.15) is 8.78 Å². The second kappa shape index (κ2) is 11.4. The van der Waals surface area contributed by atoms with Crippen LogP contribution in [0.15, 0.2) is 0 Å². The molecule has 0 aliphatic rings. The Hall–Kier alpha value is 0.490. The fourth-order valence-corrected chi connectivity index (χ4v) is 5.50. The van der Waals surface area contributed by atoms with E-state index < -0.39 is 30.5 Å². The van der Waals surface area contributed by atoms with Gasteiger partial charge in [0.05, 0.1) is 5.41 Å². The highest BCUT2D eigenvalue weighted by Crippen LogP contribution is 2.67. The van der Waals surface area contributed by atoms with Crippen LogP contribution in [0.25, 0.3) is 0 Å². The quantitative estimate of drug-likeness (QED) is 0.171. The average Bonchev–Trinajstić information content (AvgIpc) is 2.47. The molecular weight excluding hydrogens is 413 g/mol. The molecule has 0 unspecified atom stereocenters. The van der Waals surface area contributed by atoms with E-state index in [9.17, 15) is 23.1 Å². The predicted molar refractivity (Wildman–Crippen MR) is 104 cm³/mol. The van der Waals surface area contributed by atoms with Crippen LogP contribution in [0.2, 0.25) is 0 Å². The highest BCUT2D eigenvalue weighted by atomic mass is 79.9. The lowest BCUT2D eigenvalue weighted by Gasteiger charge is -2.47. The third kappa shape index (κ3) is 6.86. The summed E-state index contributed by atoms with van der Waals surface area (Å²) in [5.41, 5.74) is -5.68. The smallest absolute Gasteiger partial charge is 0.320 e. The lowest BCUT2D eigenvalue weighted by atomic mass is 9.66. The first kappa shape index (κ1) is 25.5. The molecule has 152 valence electrons. The van der Waals surface area contributed by atoms with Crippen molar-refractivity contribution in [3.63, 3.8) is 0 Å². The van der Waals surface area contributed by atoms with Gasteiger partial charge in [0.2, 0.25) is 0 Å². The number of halogens is 3. The molecule has 3 nitrogen and oxygen atoms in total. The molecule has 0 aromatic heterocycles. The van der Waals surface area contributed by atoms with Crippen LogP contribution >= 0.6 is 23.5 Å². The van der Waals surface area contributed by atoms with E-state index in [-0.39, 0.29) is 6.42 Å². The Bertz CT molecular complexity index is 403. The van der Waals surface area contributed by atoms with Crippen molar-refractivity contribution in [3.05, 3.63) is 0 Å². The molecule has 0 saturated heterocycles. The molecule has 0 saturated carbocycles. The maximum atomic E-state index is 14.7. The van der Waals surface area contributed by atoms with Crippen molar-refractivity contribution < 1.29 is 23.1 Å². The summed E-state index contributed by atoms with van der Waals surface area (Å²) in [6, 6.07) is 0. The number of hydrogen-bond acceptors (Lipinski definition) is 1. The average molecular weight is 449 g/mol.